The van der Waals surface area contributed by atoms with Crippen molar-refractivity contribution in [2.24, 2.45) is 0 Å². The van der Waals surface area contributed by atoms with E-state index in [1.807, 2.05) is 34.9 Å². The van der Waals surface area contributed by atoms with Crippen molar-refractivity contribution in [1.82, 2.24) is 4.98 Å². The highest BCUT2D eigenvalue weighted by Gasteiger charge is 2.19. The van der Waals surface area contributed by atoms with Gasteiger partial charge in [0.15, 0.2) is 0 Å². The van der Waals surface area contributed by atoms with E-state index in [9.17, 15) is 0 Å². The van der Waals surface area contributed by atoms with Gasteiger partial charge in [-0.05, 0) is 58.0 Å². The van der Waals surface area contributed by atoms with E-state index in [4.69, 9.17) is 4.98 Å². The fraction of sp³-hybridized carbons (Fsp3) is 0. The second-order valence-electron chi connectivity index (χ2n) is 10.3. The summed E-state index contributed by atoms with van der Waals surface area (Å²) in [5, 5.41) is 8.93. The molecule has 0 N–H and O–H groups in total. The first-order valence-electron chi connectivity index (χ1n) is 13.5. The molecule has 40 heavy (non-hydrogen) atoms. The molecule has 0 saturated heterocycles. The lowest BCUT2D eigenvalue weighted by Crippen LogP contribution is -1.90. The molecule has 0 saturated carbocycles. The molecule has 3 aromatic heterocycles. The van der Waals surface area contributed by atoms with Crippen molar-refractivity contribution in [3.8, 4) is 22.3 Å². The molecule has 6 aromatic carbocycles. The predicted octanol–water partition coefficient (Wildman–Crippen LogP) is 11.5. The van der Waals surface area contributed by atoms with Gasteiger partial charge in [-0.2, -0.15) is 0 Å². The van der Waals surface area contributed by atoms with Crippen LogP contribution in [0.4, 0.5) is 0 Å². The first-order chi connectivity index (χ1) is 19.8. The van der Waals surface area contributed by atoms with Crippen LogP contribution < -0.4 is 0 Å². The number of pyridine rings is 1. The van der Waals surface area contributed by atoms with Crippen LogP contribution in [0.25, 0.3) is 84.3 Å². The first-order valence-corrected chi connectivity index (χ1v) is 15.1. The smallest absolute Gasteiger partial charge is 0.0786 e. The summed E-state index contributed by atoms with van der Waals surface area (Å²) in [6.45, 7) is 0. The molecule has 0 amide bonds. The average molecular weight is 544 g/mol. The zero-order chi connectivity index (χ0) is 26.2. The van der Waals surface area contributed by atoms with Crippen molar-refractivity contribution in [1.29, 1.82) is 0 Å². The van der Waals surface area contributed by atoms with E-state index in [1.54, 1.807) is 0 Å². The lowest BCUT2D eigenvalue weighted by atomic mass is 9.88. The van der Waals surface area contributed by atoms with Crippen LogP contribution in [0.15, 0.2) is 128 Å². The number of nitrogens with zero attached hydrogens (tertiary/aromatic N) is 1. The van der Waals surface area contributed by atoms with Gasteiger partial charge in [0.1, 0.15) is 0 Å². The zero-order valence-corrected chi connectivity index (χ0v) is 23.0. The summed E-state index contributed by atoms with van der Waals surface area (Å²) < 4.78 is 5.29. The molecule has 0 unspecified atom stereocenters. The molecule has 0 aliphatic carbocycles. The lowest BCUT2D eigenvalue weighted by Gasteiger charge is -2.16. The maximum atomic E-state index is 4.97. The molecule has 1 nitrogen and oxygen atoms in total. The van der Waals surface area contributed by atoms with Crippen molar-refractivity contribution in [2.75, 3.05) is 0 Å². The highest BCUT2D eigenvalue weighted by atomic mass is 32.1. The highest BCUT2D eigenvalue weighted by Crippen LogP contribution is 2.47. The van der Waals surface area contributed by atoms with E-state index in [1.165, 1.54) is 73.4 Å². The van der Waals surface area contributed by atoms with Crippen LogP contribution >= 0.6 is 22.7 Å². The zero-order valence-electron chi connectivity index (χ0n) is 21.4. The summed E-state index contributed by atoms with van der Waals surface area (Å²) >= 11 is 3.74. The van der Waals surface area contributed by atoms with Gasteiger partial charge in [0.05, 0.1) is 5.52 Å². The number of hydrogen-bond acceptors (Lipinski definition) is 3. The van der Waals surface area contributed by atoms with Gasteiger partial charge in [-0.3, -0.25) is 4.98 Å². The maximum absolute atomic E-state index is 4.97. The summed E-state index contributed by atoms with van der Waals surface area (Å²) in [6, 6.07) is 44.4. The molecule has 0 bridgehead atoms. The number of fused-ring (bicyclic) bond motifs is 9. The summed E-state index contributed by atoms with van der Waals surface area (Å²) in [6.07, 6.45) is 1.92. The molecule has 0 atom stereocenters. The van der Waals surface area contributed by atoms with Crippen molar-refractivity contribution in [3.05, 3.63) is 128 Å². The van der Waals surface area contributed by atoms with E-state index < -0.39 is 0 Å². The standard InChI is InChI=1S/C37H21NS2/c1-3-13-30-28(9-1)34-24(11-5-15-32(34)39-30)23-19-20-27(36-26(23)18-17-22-8-7-21-38-37(22)36)25-12-6-16-33-35(25)29-10-2-4-14-31(29)40-33/h1-21H. The first kappa shape index (κ1) is 22.3. The quantitative estimate of drug-likeness (QED) is 0.198. The molecule has 9 aromatic rings. The predicted molar refractivity (Wildman–Crippen MR) is 176 cm³/mol. The largest absolute Gasteiger partial charge is 0.256 e. The Bertz CT molecular complexity index is 2440. The molecule has 9 rings (SSSR count). The number of benzene rings is 6. The third-order valence-corrected chi connectivity index (χ3v) is 10.4. The Kier molecular flexibility index (Phi) is 4.71. The van der Waals surface area contributed by atoms with Crippen LogP contribution in [0.1, 0.15) is 0 Å². The van der Waals surface area contributed by atoms with Crippen LogP contribution in [-0.2, 0) is 0 Å². The minimum Gasteiger partial charge on any atom is -0.256 e. The Balaban J connectivity index is 1.44. The van der Waals surface area contributed by atoms with Crippen LogP contribution in [0.5, 0.6) is 0 Å². The fourth-order valence-corrected chi connectivity index (χ4v) is 8.70. The minimum absolute atomic E-state index is 1.05. The van der Waals surface area contributed by atoms with Gasteiger partial charge < -0.3 is 0 Å². The Labute approximate surface area is 238 Å². The second-order valence-corrected chi connectivity index (χ2v) is 12.4. The van der Waals surface area contributed by atoms with Gasteiger partial charge >= 0.3 is 0 Å². The highest BCUT2D eigenvalue weighted by molar-refractivity contribution is 7.26. The Morgan fingerprint density at radius 1 is 0.375 bits per heavy atom. The SMILES string of the molecule is c1cnc2c(c1)ccc1c(-c3cccc4sc5ccccc5c34)ccc(-c3cccc4sc5ccccc5c34)c12. The van der Waals surface area contributed by atoms with E-state index in [-0.39, 0.29) is 0 Å². The van der Waals surface area contributed by atoms with Gasteiger partial charge in [0.2, 0.25) is 0 Å². The molecular weight excluding hydrogens is 523 g/mol. The van der Waals surface area contributed by atoms with Crippen molar-refractivity contribution in [2.45, 2.75) is 0 Å². The van der Waals surface area contributed by atoms with Crippen LogP contribution in [0, 0.1) is 0 Å². The number of hydrogen-bond donors (Lipinski definition) is 0. The lowest BCUT2D eigenvalue weighted by molar-refractivity contribution is 1.43. The van der Waals surface area contributed by atoms with Gasteiger partial charge in [-0.25, -0.2) is 0 Å². The van der Waals surface area contributed by atoms with E-state index in [0.29, 0.717) is 0 Å². The Morgan fingerprint density at radius 3 is 1.65 bits per heavy atom. The third-order valence-electron chi connectivity index (χ3n) is 8.14. The number of rotatable bonds is 2. The van der Waals surface area contributed by atoms with Gasteiger partial charge in [-0.15, -0.1) is 22.7 Å². The summed E-state index contributed by atoms with van der Waals surface area (Å²) in [7, 11) is 0. The van der Waals surface area contributed by atoms with Crippen LogP contribution in [0.3, 0.4) is 0 Å². The minimum atomic E-state index is 1.05. The monoisotopic (exact) mass is 543 g/mol. The van der Waals surface area contributed by atoms with Crippen molar-refractivity contribution < 1.29 is 0 Å². The molecule has 0 aliphatic rings. The Morgan fingerprint density at radius 2 is 0.950 bits per heavy atom. The Hall–Kier alpha value is -4.57. The van der Waals surface area contributed by atoms with Crippen molar-refractivity contribution >= 4 is 84.7 Å². The van der Waals surface area contributed by atoms with Gasteiger partial charge in [-0.1, -0.05) is 91.0 Å². The molecule has 0 radical (unpaired) electrons. The average Bonchev–Trinajstić information content (AvgIpc) is 3.59. The summed E-state index contributed by atoms with van der Waals surface area (Å²) in [5.74, 6) is 0. The third kappa shape index (κ3) is 3.10. The van der Waals surface area contributed by atoms with E-state index in [2.05, 4.69) is 115 Å². The molecule has 3 heteroatoms. The van der Waals surface area contributed by atoms with Crippen molar-refractivity contribution in [3.63, 3.8) is 0 Å². The molecule has 0 aliphatic heterocycles. The molecule has 0 fully saturated rings. The number of aromatic nitrogens is 1. The molecular formula is C37H21NS2. The summed E-state index contributed by atoms with van der Waals surface area (Å²) in [5.41, 5.74) is 6.09. The second kappa shape index (κ2) is 8.46. The molecule has 0 spiro atoms. The molecule has 3 heterocycles. The van der Waals surface area contributed by atoms with Crippen LogP contribution in [0.2, 0.25) is 0 Å². The maximum Gasteiger partial charge on any atom is 0.0786 e. The summed E-state index contributed by atoms with van der Waals surface area (Å²) in [4.78, 5) is 4.97. The van der Waals surface area contributed by atoms with Gasteiger partial charge in [0.25, 0.3) is 0 Å². The van der Waals surface area contributed by atoms with Crippen LogP contribution in [-0.4, -0.2) is 4.98 Å². The molecule has 186 valence electrons. The normalized spacial score (nSPS) is 12.0. The topological polar surface area (TPSA) is 12.9 Å². The van der Waals surface area contributed by atoms with E-state index >= 15 is 0 Å². The fourth-order valence-electron chi connectivity index (χ4n) is 6.44. The van der Waals surface area contributed by atoms with Gasteiger partial charge in [0, 0.05) is 57.3 Å². The number of thiophene rings is 2. The van der Waals surface area contributed by atoms with E-state index in [0.717, 1.165) is 10.9 Å².